The van der Waals surface area contributed by atoms with E-state index in [1.807, 2.05) is 6.07 Å². The molecule has 3 N–H and O–H groups in total. The molecular weight excluding hydrogens is 234 g/mol. The van der Waals surface area contributed by atoms with Crippen molar-refractivity contribution in [2.24, 2.45) is 0 Å². The Morgan fingerprint density at radius 3 is 2.85 bits per heavy atom. The lowest BCUT2D eigenvalue weighted by molar-refractivity contribution is 1.02. The monoisotopic (exact) mass is 239 g/mol. The van der Waals surface area contributed by atoms with Gasteiger partial charge in [-0.1, -0.05) is 0 Å². The summed E-state index contributed by atoms with van der Waals surface area (Å²) in [4.78, 5) is 0. The molecular formula is C7H6BrN5. The second-order valence-corrected chi connectivity index (χ2v) is 3.20. The number of hydrogen-bond donors (Lipinski definition) is 2. The molecule has 6 heteroatoms. The van der Waals surface area contributed by atoms with Crippen molar-refractivity contribution >= 4 is 21.7 Å². The van der Waals surface area contributed by atoms with Gasteiger partial charge in [-0.3, -0.25) is 5.10 Å². The first kappa shape index (κ1) is 8.18. The lowest BCUT2D eigenvalue weighted by Crippen LogP contribution is -1.86. The Morgan fingerprint density at radius 2 is 2.31 bits per heavy atom. The topological polar surface area (TPSA) is 80.5 Å². The average molecular weight is 240 g/mol. The molecule has 2 aromatic rings. The number of nitrogens with zero attached hydrogens (tertiary/aromatic N) is 3. The van der Waals surface area contributed by atoms with Crippen molar-refractivity contribution in [3.05, 3.63) is 22.8 Å². The molecule has 2 rings (SSSR count). The van der Waals surface area contributed by atoms with Crippen LogP contribution < -0.4 is 5.73 Å². The van der Waals surface area contributed by atoms with Crippen LogP contribution in [0.15, 0.2) is 22.8 Å². The number of anilines is 1. The highest BCUT2D eigenvalue weighted by molar-refractivity contribution is 9.10. The van der Waals surface area contributed by atoms with Gasteiger partial charge in [-0.05, 0) is 28.1 Å². The van der Waals surface area contributed by atoms with Crippen molar-refractivity contribution in [2.45, 2.75) is 0 Å². The molecule has 0 aliphatic rings. The summed E-state index contributed by atoms with van der Waals surface area (Å²) in [7, 11) is 0. The van der Waals surface area contributed by atoms with Crippen LogP contribution in [0.4, 0.5) is 5.82 Å². The first-order valence-electron chi connectivity index (χ1n) is 3.56. The minimum atomic E-state index is 0.417. The van der Waals surface area contributed by atoms with Gasteiger partial charge in [0.15, 0.2) is 5.82 Å². The van der Waals surface area contributed by atoms with Gasteiger partial charge in [0.1, 0.15) is 11.4 Å². The molecule has 0 aliphatic heterocycles. The number of hydrogen-bond acceptors (Lipinski definition) is 4. The van der Waals surface area contributed by atoms with Crippen LogP contribution in [0.2, 0.25) is 0 Å². The summed E-state index contributed by atoms with van der Waals surface area (Å²) in [5.41, 5.74) is 6.99. The number of nitrogen functional groups attached to an aromatic ring is 1. The van der Waals surface area contributed by atoms with E-state index in [9.17, 15) is 0 Å². The fourth-order valence-corrected chi connectivity index (χ4v) is 1.33. The molecule has 0 saturated carbocycles. The lowest BCUT2D eigenvalue weighted by Gasteiger charge is -1.94. The molecule has 0 fully saturated rings. The molecule has 5 nitrogen and oxygen atoms in total. The Bertz CT molecular complexity index is 410. The maximum atomic E-state index is 5.54. The molecule has 0 aromatic carbocycles. The highest BCUT2D eigenvalue weighted by Crippen LogP contribution is 2.27. The summed E-state index contributed by atoms with van der Waals surface area (Å²) in [5, 5.41) is 14.3. The molecule has 2 heterocycles. The number of nitrogens with one attached hydrogen (secondary N) is 1. The van der Waals surface area contributed by atoms with Crippen LogP contribution >= 0.6 is 15.9 Å². The average Bonchev–Trinajstić information content (AvgIpc) is 2.49. The summed E-state index contributed by atoms with van der Waals surface area (Å²) in [5.74, 6) is 0.417. The molecule has 0 spiro atoms. The lowest BCUT2D eigenvalue weighted by atomic mass is 10.3. The Kier molecular flexibility index (Phi) is 1.97. The highest BCUT2D eigenvalue weighted by atomic mass is 79.9. The molecule has 0 amide bonds. The molecule has 0 radical (unpaired) electrons. The van der Waals surface area contributed by atoms with Crippen molar-refractivity contribution < 1.29 is 0 Å². The number of aromatic amines is 1. The number of halogens is 1. The standard InChI is InChI=1S/C7H6BrN5/c8-5-6(12-13-7(5)9)4-2-1-3-10-11-4/h1-3H,(H3,9,12,13). The first-order valence-corrected chi connectivity index (χ1v) is 4.36. The van der Waals surface area contributed by atoms with Gasteiger partial charge < -0.3 is 5.73 Å². The molecule has 66 valence electrons. The largest absolute Gasteiger partial charge is 0.381 e. The fourth-order valence-electron chi connectivity index (χ4n) is 0.947. The van der Waals surface area contributed by atoms with Crippen LogP contribution in [0.25, 0.3) is 11.4 Å². The van der Waals surface area contributed by atoms with E-state index in [2.05, 4.69) is 36.3 Å². The summed E-state index contributed by atoms with van der Waals surface area (Å²) >= 11 is 3.30. The van der Waals surface area contributed by atoms with Gasteiger partial charge in [-0.15, -0.1) is 5.10 Å². The normalized spacial score (nSPS) is 10.2. The summed E-state index contributed by atoms with van der Waals surface area (Å²) < 4.78 is 0.716. The predicted molar refractivity (Wildman–Crippen MR) is 51.7 cm³/mol. The van der Waals surface area contributed by atoms with E-state index in [4.69, 9.17) is 5.73 Å². The number of rotatable bonds is 1. The minimum absolute atomic E-state index is 0.417. The minimum Gasteiger partial charge on any atom is -0.381 e. The molecule has 0 saturated heterocycles. The van der Waals surface area contributed by atoms with Crippen LogP contribution in [-0.4, -0.2) is 20.4 Å². The quantitative estimate of drug-likeness (QED) is 0.784. The third-order valence-electron chi connectivity index (χ3n) is 1.56. The second kappa shape index (κ2) is 3.14. The Labute approximate surface area is 82.5 Å². The van der Waals surface area contributed by atoms with Crippen molar-refractivity contribution in [3.63, 3.8) is 0 Å². The van der Waals surface area contributed by atoms with Crippen LogP contribution in [0, 0.1) is 0 Å². The Balaban J connectivity index is 2.53. The van der Waals surface area contributed by atoms with E-state index in [0.29, 0.717) is 16.0 Å². The molecule has 13 heavy (non-hydrogen) atoms. The van der Waals surface area contributed by atoms with Gasteiger partial charge in [0, 0.05) is 6.20 Å². The van der Waals surface area contributed by atoms with Crippen molar-refractivity contribution in [1.82, 2.24) is 20.4 Å². The van der Waals surface area contributed by atoms with Crippen LogP contribution in [-0.2, 0) is 0 Å². The van der Waals surface area contributed by atoms with Gasteiger partial charge in [0.2, 0.25) is 0 Å². The SMILES string of the molecule is Nc1n[nH]c(-c2cccnn2)c1Br. The van der Waals surface area contributed by atoms with E-state index in [0.717, 1.165) is 5.69 Å². The zero-order valence-corrected chi connectivity index (χ0v) is 8.12. The van der Waals surface area contributed by atoms with Gasteiger partial charge in [0.05, 0.1) is 4.47 Å². The van der Waals surface area contributed by atoms with Crippen molar-refractivity contribution in [1.29, 1.82) is 0 Å². The zero-order chi connectivity index (χ0) is 9.26. The van der Waals surface area contributed by atoms with Crippen molar-refractivity contribution in [3.8, 4) is 11.4 Å². The number of aromatic nitrogens is 4. The fraction of sp³-hybridized carbons (Fsp3) is 0. The van der Waals surface area contributed by atoms with E-state index in [1.54, 1.807) is 12.3 Å². The summed E-state index contributed by atoms with van der Waals surface area (Å²) in [6.45, 7) is 0. The van der Waals surface area contributed by atoms with E-state index in [1.165, 1.54) is 0 Å². The summed E-state index contributed by atoms with van der Waals surface area (Å²) in [6, 6.07) is 3.62. The smallest absolute Gasteiger partial charge is 0.160 e. The van der Waals surface area contributed by atoms with Gasteiger partial charge in [0.25, 0.3) is 0 Å². The zero-order valence-electron chi connectivity index (χ0n) is 6.53. The summed E-state index contributed by atoms with van der Waals surface area (Å²) in [6.07, 6.45) is 1.61. The maximum absolute atomic E-state index is 5.54. The molecule has 0 aliphatic carbocycles. The van der Waals surface area contributed by atoms with E-state index in [-0.39, 0.29) is 0 Å². The third kappa shape index (κ3) is 1.40. The van der Waals surface area contributed by atoms with Crippen molar-refractivity contribution in [2.75, 3.05) is 5.73 Å². The van der Waals surface area contributed by atoms with E-state index < -0.39 is 0 Å². The van der Waals surface area contributed by atoms with Gasteiger partial charge >= 0.3 is 0 Å². The highest BCUT2D eigenvalue weighted by Gasteiger charge is 2.10. The number of nitrogens with two attached hydrogens (primary N) is 1. The van der Waals surface area contributed by atoms with Crippen LogP contribution in [0.5, 0.6) is 0 Å². The Morgan fingerprint density at radius 1 is 1.46 bits per heavy atom. The maximum Gasteiger partial charge on any atom is 0.160 e. The molecule has 2 aromatic heterocycles. The number of H-pyrrole nitrogens is 1. The molecule has 0 atom stereocenters. The van der Waals surface area contributed by atoms with Gasteiger partial charge in [-0.2, -0.15) is 10.2 Å². The van der Waals surface area contributed by atoms with Crippen LogP contribution in [0.1, 0.15) is 0 Å². The van der Waals surface area contributed by atoms with Crippen LogP contribution in [0.3, 0.4) is 0 Å². The molecule has 0 bridgehead atoms. The van der Waals surface area contributed by atoms with Gasteiger partial charge in [-0.25, -0.2) is 0 Å². The molecule has 0 unspecified atom stereocenters. The first-order chi connectivity index (χ1) is 6.29. The van der Waals surface area contributed by atoms with E-state index >= 15 is 0 Å². The second-order valence-electron chi connectivity index (χ2n) is 2.41. The predicted octanol–water partition coefficient (Wildman–Crippen LogP) is 1.21. The Hall–Kier alpha value is -1.43. The third-order valence-corrected chi connectivity index (χ3v) is 2.36.